The van der Waals surface area contributed by atoms with Crippen molar-refractivity contribution in [2.45, 2.75) is 11.4 Å². The van der Waals surface area contributed by atoms with E-state index in [0.29, 0.717) is 4.31 Å². The Balaban J connectivity index is 1.85. The molecule has 32 heavy (non-hydrogen) atoms. The minimum Gasteiger partial charge on any atom is -0.497 e. The van der Waals surface area contributed by atoms with Gasteiger partial charge in [-0.1, -0.05) is 12.1 Å². The van der Waals surface area contributed by atoms with Crippen LogP contribution in [0.1, 0.15) is 5.56 Å². The zero-order valence-corrected chi connectivity index (χ0v) is 17.8. The Morgan fingerprint density at radius 2 is 1.69 bits per heavy atom. The summed E-state index contributed by atoms with van der Waals surface area (Å²) in [6.07, 6.45) is 1.16. The summed E-state index contributed by atoms with van der Waals surface area (Å²) in [5.74, 6) is -1.67. The number of nitrogens with zero attached hydrogens (tertiary/aromatic N) is 3. The zero-order chi connectivity index (χ0) is 23.0. The molecule has 0 N–H and O–H groups in total. The summed E-state index contributed by atoms with van der Waals surface area (Å²) in [7, 11) is -1.65. The first kappa shape index (κ1) is 21.5. The summed E-state index contributed by atoms with van der Waals surface area (Å²) in [5.41, 5.74) is -0.461. The maximum absolute atomic E-state index is 14.6. The lowest BCUT2D eigenvalue weighted by Gasteiger charge is -2.36. The summed E-state index contributed by atoms with van der Waals surface area (Å²) >= 11 is 0. The summed E-state index contributed by atoms with van der Waals surface area (Å²) in [6.45, 7) is -0.549. The average molecular weight is 461 g/mol. The predicted octanol–water partition coefficient (Wildman–Crippen LogP) is 3.71. The third-order valence-corrected chi connectivity index (χ3v) is 6.66. The number of carbonyl (C=O) groups excluding carboxylic acids is 1. The number of hydrogen-bond acceptors (Lipinski definition) is 6. The van der Waals surface area contributed by atoms with Gasteiger partial charge in [0.15, 0.2) is 0 Å². The van der Waals surface area contributed by atoms with Gasteiger partial charge >= 0.3 is 6.03 Å². The molecule has 4 rings (SSSR count). The molecule has 2 amide bonds. The Kier molecular flexibility index (Phi) is 5.43. The largest absolute Gasteiger partial charge is 0.497 e. The zero-order valence-electron chi connectivity index (χ0n) is 17.0. The Labute approximate surface area is 182 Å². The third kappa shape index (κ3) is 3.50. The van der Waals surface area contributed by atoms with E-state index < -0.39 is 39.8 Å². The first-order valence-electron chi connectivity index (χ1n) is 9.25. The van der Waals surface area contributed by atoms with E-state index in [1.165, 1.54) is 50.6 Å². The molecule has 0 bridgehead atoms. The molecule has 166 valence electrons. The highest BCUT2D eigenvalue weighted by Crippen LogP contribution is 2.38. The first-order chi connectivity index (χ1) is 15.3. The molecule has 0 fully saturated rings. The van der Waals surface area contributed by atoms with Crippen LogP contribution >= 0.6 is 0 Å². The lowest BCUT2D eigenvalue weighted by Crippen LogP contribution is -2.51. The van der Waals surface area contributed by atoms with Crippen molar-refractivity contribution in [3.05, 3.63) is 71.9 Å². The molecule has 8 nitrogen and oxygen atoms in total. The first-order valence-corrected chi connectivity index (χ1v) is 10.7. The second-order valence-corrected chi connectivity index (χ2v) is 8.49. The molecule has 11 heteroatoms. The lowest BCUT2D eigenvalue weighted by molar-refractivity contribution is 0.253. The van der Waals surface area contributed by atoms with E-state index in [1.807, 2.05) is 0 Å². The van der Waals surface area contributed by atoms with Crippen molar-refractivity contribution in [3.63, 3.8) is 0 Å². The maximum Gasteiger partial charge on any atom is 0.343 e. The highest BCUT2D eigenvalue weighted by Gasteiger charge is 2.43. The summed E-state index contributed by atoms with van der Waals surface area (Å²) in [5, 5.41) is 0. The number of anilines is 2. The van der Waals surface area contributed by atoms with Gasteiger partial charge < -0.3 is 9.47 Å². The van der Waals surface area contributed by atoms with Crippen molar-refractivity contribution in [3.8, 4) is 11.6 Å². The van der Waals surface area contributed by atoms with E-state index in [4.69, 9.17) is 9.47 Å². The van der Waals surface area contributed by atoms with Crippen molar-refractivity contribution >= 4 is 27.4 Å². The topological polar surface area (TPSA) is 89.0 Å². The SMILES string of the molecule is COc1cc(F)c(CN2C(=O)N(c3ccc(OC)nc3)S(=O)(=O)c3ccccc32)c(F)c1. The van der Waals surface area contributed by atoms with Crippen molar-refractivity contribution in [2.24, 2.45) is 0 Å². The van der Waals surface area contributed by atoms with Crippen molar-refractivity contribution in [1.29, 1.82) is 0 Å². The highest BCUT2D eigenvalue weighted by atomic mass is 32.2. The van der Waals surface area contributed by atoms with Gasteiger partial charge in [0.25, 0.3) is 10.0 Å². The van der Waals surface area contributed by atoms with Crippen molar-refractivity contribution in [1.82, 2.24) is 4.98 Å². The van der Waals surface area contributed by atoms with Crippen LogP contribution in [0.5, 0.6) is 11.6 Å². The molecule has 0 radical (unpaired) electrons. The van der Waals surface area contributed by atoms with Gasteiger partial charge in [-0.15, -0.1) is 0 Å². The number of urea groups is 1. The number of halogens is 2. The minimum absolute atomic E-state index is 0.00448. The molecule has 1 aromatic heterocycles. The fourth-order valence-corrected chi connectivity index (χ4v) is 4.91. The van der Waals surface area contributed by atoms with Crippen molar-refractivity contribution in [2.75, 3.05) is 23.4 Å². The van der Waals surface area contributed by atoms with Crippen LogP contribution < -0.4 is 18.7 Å². The molecule has 2 aromatic carbocycles. The maximum atomic E-state index is 14.6. The van der Waals surface area contributed by atoms with Gasteiger partial charge in [0.2, 0.25) is 5.88 Å². The number of amides is 2. The lowest BCUT2D eigenvalue weighted by atomic mass is 10.1. The fraction of sp³-hybridized carbons (Fsp3) is 0.143. The van der Waals surface area contributed by atoms with Crippen LogP contribution in [0.2, 0.25) is 0 Å². The minimum atomic E-state index is -4.31. The van der Waals surface area contributed by atoms with E-state index in [-0.39, 0.29) is 27.9 Å². The molecule has 0 aliphatic carbocycles. The van der Waals surface area contributed by atoms with Gasteiger partial charge in [0, 0.05) is 23.8 Å². The molecular weight excluding hydrogens is 444 g/mol. The van der Waals surface area contributed by atoms with Crippen LogP contribution in [0.3, 0.4) is 0 Å². The van der Waals surface area contributed by atoms with Gasteiger partial charge in [-0.25, -0.2) is 27.0 Å². The molecule has 1 aliphatic rings. The molecule has 3 aromatic rings. The van der Waals surface area contributed by atoms with E-state index in [9.17, 15) is 22.0 Å². The number of rotatable bonds is 5. The number of benzene rings is 2. The number of sulfonamides is 1. The number of pyridine rings is 1. The number of methoxy groups -OCH3 is 2. The molecule has 0 saturated carbocycles. The summed E-state index contributed by atoms with van der Waals surface area (Å²) in [6, 6.07) is 9.44. The second-order valence-electron chi connectivity index (χ2n) is 6.73. The number of hydrogen-bond donors (Lipinski definition) is 0. The molecule has 0 atom stereocenters. The average Bonchev–Trinajstić information content (AvgIpc) is 2.78. The van der Waals surface area contributed by atoms with E-state index >= 15 is 0 Å². The Bertz CT molecular complexity index is 1280. The van der Waals surface area contributed by atoms with E-state index in [2.05, 4.69) is 4.98 Å². The second kappa shape index (κ2) is 8.08. The van der Waals surface area contributed by atoms with Crippen LogP contribution in [0.25, 0.3) is 0 Å². The van der Waals surface area contributed by atoms with Crippen LogP contribution in [-0.4, -0.2) is 33.7 Å². The number of para-hydroxylation sites is 1. The molecular formula is C21H17F2N3O5S. The van der Waals surface area contributed by atoms with Crippen LogP contribution in [0.15, 0.2) is 59.6 Å². The van der Waals surface area contributed by atoms with Crippen molar-refractivity contribution < 1.29 is 31.5 Å². The predicted molar refractivity (Wildman–Crippen MR) is 111 cm³/mol. The Hall–Kier alpha value is -3.73. The number of aromatic nitrogens is 1. The summed E-state index contributed by atoms with van der Waals surface area (Å²) < 4.78 is 66.0. The van der Waals surface area contributed by atoms with Gasteiger partial charge in [-0.3, -0.25) is 4.90 Å². The van der Waals surface area contributed by atoms with Gasteiger partial charge in [0.05, 0.1) is 38.3 Å². The quantitative estimate of drug-likeness (QED) is 0.576. The Morgan fingerprint density at radius 1 is 1.00 bits per heavy atom. The molecule has 0 unspecified atom stereocenters. The standard InChI is InChI=1S/C21H17F2N3O5S/c1-30-14-9-16(22)15(17(23)10-14)12-25-18-5-3-4-6-19(18)32(28,29)26(21(25)27)13-7-8-20(31-2)24-11-13/h3-11H,12H2,1-2H3. The summed E-state index contributed by atoms with van der Waals surface area (Å²) in [4.78, 5) is 18.1. The fourth-order valence-electron chi connectivity index (χ4n) is 3.33. The van der Waals surface area contributed by atoms with Gasteiger partial charge in [-0.05, 0) is 18.2 Å². The molecule has 0 spiro atoms. The smallest absolute Gasteiger partial charge is 0.343 e. The van der Waals surface area contributed by atoms with Crippen LogP contribution in [0.4, 0.5) is 25.0 Å². The number of fused-ring (bicyclic) bond motifs is 1. The third-order valence-electron chi connectivity index (χ3n) is 4.91. The monoisotopic (exact) mass is 461 g/mol. The molecule has 2 heterocycles. The van der Waals surface area contributed by atoms with Gasteiger partial charge in [-0.2, -0.15) is 4.31 Å². The number of ether oxygens (including phenoxy) is 2. The van der Waals surface area contributed by atoms with E-state index in [1.54, 1.807) is 0 Å². The van der Waals surface area contributed by atoms with Crippen LogP contribution in [-0.2, 0) is 16.6 Å². The Morgan fingerprint density at radius 3 is 2.28 bits per heavy atom. The molecule has 0 saturated heterocycles. The van der Waals surface area contributed by atoms with Gasteiger partial charge in [0.1, 0.15) is 22.3 Å². The molecule has 1 aliphatic heterocycles. The normalized spacial score (nSPS) is 14.8. The highest BCUT2D eigenvalue weighted by molar-refractivity contribution is 7.94. The van der Waals surface area contributed by atoms with Crippen LogP contribution in [0, 0.1) is 11.6 Å². The number of carbonyl (C=O) groups is 1. The van der Waals surface area contributed by atoms with E-state index in [0.717, 1.165) is 23.2 Å².